The van der Waals surface area contributed by atoms with Gasteiger partial charge in [-0.2, -0.15) is 4.98 Å². The third kappa shape index (κ3) is 3.70. The van der Waals surface area contributed by atoms with Crippen LogP contribution in [0.15, 0.2) is 16.9 Å². The molecule has 1 amide bonds. The average Bonchev–Trinajstić information content (AvgIpc) is 2.99. The molecule has 3 rings (SSSR count). The molecule has 0 spiro atoms. The summed E-state index contributed by atoms with van der Waals surface area (Å²) in [6.07, 6.45) is 5.08. The van der Waals surface area contributed by atoms with E-state index in [0.29, 0.717) is 17.3 Å². The average molecular weight is 346 g/mol. The third-order valence-electron chi connectivity index (χ3n) is 3.93. The van der Waals surface area contributed by atoms with Gasteiger partial charge in [-0.1, -0.05) is 5.16 Å². The second kappa shape index (κ2) is 6.30. The van der Waals surface area contributed by atoms with Gasteiger partial charge in [0.15, 0.2) is 5.82 Å². The lowest BCUT2D eigenvalue weighted by atomic mass is 9.76. The van der Waals surface area contributed by atoms with E-state index in [2.05, 4.69) is 30.7 Å². The molecule has 1 saturated carbocycles. The molecule has 1 aliphatic rings. The number of carbonyl (C=O) groups excluding carboxylic acids is 1. The Labute approximate surface area is 145 Å². The summed E-state index contributed by atoms with van der Waals surface area (Å²) in [7, 11) is 1.76. The Kier molecular flexibility index (Phi) is 4.32. The maximum atomic E-state index is 12.1. The molecule has 0 saturated heterocycles. The number of rotatable bonds is 4. The molecule has 0 aromatic carbocycles. The van der Waals surface area contributed by atoms with Crippen LogP contribution in [0.3, 0.4) is 0 Å². The first kappa shape index (κ1) is 17.1. The highest BCUT2D eigenvalue weighted by molar-refractivity contribution is 5.69. The molecule has 134 valence electrons. The molecule has 1 fully saturated rings. The summed E-state index contributed by atoms with van der Waals surface area (Å²) in [5, 5.41) is 9.82. The molecule has 1 aliphatic carbocycles. The van der Waals surface area contributed by atoms with Crippen LogP contribution in [0.4, 0.5) is 10.6 Å². The Morgan fingerprint density at radius 2 is 2.04 bits per heavy atom. The molecule has 9 nitrogen and oxygen atoms in total. The number of nitrogens with zero attached hydrogens (tertiary/aromatic N) is 4. The zero-order valence-electron chi connectivity index (χ0n) is 14.8. The van der Waals surface area contributed by atoms with Crippen LogP contribution in [-0.4, -0.2) is 38.9 Å². The smallest absolute Gasteiger partial charge is 0.408 e. The second-order valence-corrected chi connectivity index (χ2v) is 7.02. The van der Waals surface area contributed by atoms with E-state index in [1.165, 1.54) is 0 Å². The molecule has 0 atom stereocenters. The number of anilines is 1. The highest BCUT2D eigenvalue weighted by Gasteiger charge is 2.45. The molecule has 9 heteroatoms. The predicted octanol–water partition coefficient (Wildman–Crippen LogP) is 2.47. The lowest BCUT2D eigenvalue weighted by Gasteiger charge is -2.39. The van der Waals surface area contributed by atoms with Gasteiger partial charge in [0, 0.05) is 7.05 Å². The van der Waals surface area contributed by atoms with Gasteiger partial charge in [-0.15, -0.1) is 0 Å². The molecular formula is C16H22N6O3. The SMILES string of the molecule is CNc1cnc(-c2nc(C3(NC(=O)OC(C)(C)C)CCC3)no2)cn1. The van der Waals surface area contributed by atoms with E-state index < -0.39 is 17.2 Å². The van der Waals surface area contributed by atoms with Crippen LogP contribution in [-0.2, 0) is 10.3 Å². The van der Waals surface area contributed by atoms with Crippen LogP contribution in [0.2, 0.25) is 0 Å². The number of aromatic nitrogens is 4. The summed E-state index contributed by atoms with van der Waals surface area (Å²) in [5.74, 6) is 1.34. The zero-order valence-corrected chi connectivity index (χ0v) is 14.8. The summed E-state index contributed by atoms with van der Waals surface area (Å²) in [4.78, 5) is 25.0. The summed E-state index contributed by atoms with van der Waals surface area (Å²) in [6, 6.07) is 0. The highest BCUT2D eigenvalue weighted by Crippen LogP contribution is 2.40. The lowest BCUT2D eigenvalue weighted by Crippen LogP contribution is -2.52. The molecule has 2 N–H and O–H groups in total. The third-order valence-corrected chi connectivity index (χ3v) is 3.93. The van der Waals surface area contributed by atoms with Crippen molar-refractivity contribution in [2.45, 2.75) is 51.2 Å². The Morgan fingerprint density at radius 3 is 2.56 bits per heavy atom. The molecule has 25 heavy (non-hydrogen) atoms. The highest BCUT2D eigenvalue weighted by atomic mass is 16.6. The quantitative estimate of drug-likeness (QED) is 0.867. The molecule has 2 heterocycles. The minimum absolute atomic E-state index is 0.266. The van der Waals surface area contributed by atoms with Crippen LogP contribution >= 0.6 is 0 Å². The van der Waals surface area contributed by atoms with Gasteiger partial charge in [-0.05, 0) is 40.0 Å². The van der Waals surface area contributed by atoms with Crippen molar-refractivity contribution in [2.75, 3.05) is 12.4 Å². The largest absolute Gasteiger partial charge is 0.444 e. The summed E-state index contributed by atoms with van der Waals surface area (Å²) in [6.45, 7) is 5.46. The molecule has 0 radical (unpaired) electrons. The number of nitrogens with one attached hydrogen (secondary N) is 2. The summed E-state index contributed by atoms with van der Waals surface area (Å²) in [5.41, 5.74) is -0.741. The molecule has 0 unspecified atom stereocenters. The number of hydrogen-bond donors (Lipinski definition) is 2. The van der Waals surface area contributed by atoms with E-state index in [4.69, 9.17) is 9.26 Å². The van der Waals surface area contributed by atoms with Crippen molar-refractivity contribution in [3.63, 3.8) is 0 Å². The molecule has 2 aromatic rings. The molecular weight excluding hydrogens is 324 g/mol. The van der Waals surface area contributed by atoms with Crippen molar-refractivity contribution >= 4 is 11.9 Å². The maximum Gasteiger partial charge on any atom is 0.408 e. The standard InChI is InChI=1S/C16H22N6O3/c1-15(2,3)24-14(23)21-16(6-5-7-16)13-20-12(25-22-13)10-8-19-11(17-4)9-18-10/h8-9H,5-7H2,1-4H3,(H,17,19)(H,21,23). The normalized spacial score (nSPS) is 16.0. The Bertz CT molecular complexity index is 746. The predicted molar refractivity (Wildman–Crippen MR) is 89.8 cm³/mol. The van der Waals surface area contributed by atoms with Crippen LogP contribution in [0.1, 0.15) is 45.9 Å². The minimum Gasteiger partial charge on any atom is -0.444 e. The number of carbonyl (C=O) groups is 1. The minimum atomic E-state index is -0.650. The van der Waals surface area contributed by atoms with Gasteiger partial charge in [0.05, 0.1) is 12.4 Å². The monoisotopic (exact) mass is 346 g/mol. The van der Waals surface area contributed by atoms with Crippen LogP contribution in [0.5, 0.6) is 0 Å². The molecule has 2 aromatic heterocycles. The molecule has 0 aliphatic heterocycles. The van der Waals surface area contributed by atoms with Crippen molar-refractivity contribution in [1.29, 1.82) is 0 Å². The fourth-order valence-electron chi connectivity index (χ4n) is 2.52. The fourth-order valence-corrected chi connectivity index (χ4v) is 2.52. The van der Waals surface area contributed by atoms with Crippen molar-refractivity contribution in [3.8, 4) is 11.6 Å². The number of ether oxygens (including phenoxy) is 1. The first-order valence-electron chi connectivity index (χ1n) is 8.17. The van der Waals surface area contributed by atoms with Gasteiger partial charge in [-0.25, -0.2) is 14.8 Å². The van der Waals surface area contributed by atoms with Crippen LogP contribution in [0, 0.1) is 0 Å². The van der Waals surface area contributed by atoms with Gasteiger partial charge in [0.2, 0.25) is 0 Å². The van der Waals surface area contributed by atoms with Crippen LogP contribution in [0.25, 0.3) is 11.6 Å². The van der Waals surface area contributed by atoms with Crippen molar-refractivity contribution in [2.24, 2.45) is 0 Å². The van der Waals surface area contributed by atoms with E-state index >= 15 is 0 Å². The van der Waals surface area contributed by atoms with Crippen molar-refractivity contribution in [1.82, 2.24) is 25.4 Å². The fraction of sp³-hybridized carbons (Fsp3) is 0.562. The second-order valence-electron chi connectivity index (χ2n) is 7.02. The topological polar surface area (TPSA) is 115 Å². The first-order chi connectivity index (χ1) is 11.8. The number of amides is 1. The van der Waals surface area contributed by atoms with E-state index in [9.17, 15) is 4.79 Å². The number of alkyl carbamates (subject to hydrolysis) is 1. The van der Waals surface area contributed by atoms with E-state index in [-0.39, 0.29) is 5.89 Å². The van der Waals surface area contributed by atoms with E-state index in [1.54, 1.807) is 19.4 Å². The maximum absolute atomic E-state index is 12.1. The lowest BCUT2D eigenvalue weighted by molar-refractivity contribution is 0.0362. The van der Waals surface area contributed by atoms with E-state index in [0.717, 1.165) is 19.3 Å². The Morgan fingerprint density at radius 1 is 1.28 bits per heavy atom. The molecule has 0 bridgehead atoms. The van der Waals surface area contributed by atoms with Gasteiger partial charge in [0.25, 0.3) is 5.89 Å². The van der Waals surface area contributed by atoms with Crippen molar-refractivity contribution < 1.29 is 14.1 Å². The van der Waals surface area contributed by atoms with Crippen molar-refractivity contribution in [3.05, 3.63) is 18.2 Å². The van der Waals surface area contributed by atoms with Gasteiger partial charge >= 0.3 is 6.09 Å². The van der Waals surface area contributed by atoms with Gasteiger partial charge in [-0.3, -0.25) is 0 Å². The Hall–Kier alpha value is -2.71. The summed E-state index contributed by atoms with van der Waals surface area (Å²) >= 11 is 0. The van der Waals surface area contributed by atoms with E-state index in [1.807, 2.05) is 20.8 Å². The zero-order chi connectivity index (χ0) is 18.1. The van der Waals surface area contributed by atoms with Crippen LogP contribution < -0.4 is 10.6 Å². The first-order valence-corrected chi connectivity index (χ1v) is 8.17. The summed E-state index contributed by atoms with van der Waals surface area (Å²) < 4.78 is 10.7. The number of hydrogen-bond acceptors (Lipinski definition) is 8. The van der Waals surface area contributed by atoms with Gasteiger partial charge in [0.1, 0.15) is 22.7 Å². The Balaban J connectivity index is 1.78. The van der Waals surface area contributed by atoms with Gasteiger partial charge < -0.3 is 19.9 Å².